The van der Waals surface area contributed by atoms with Gasteiger partial charge in [0.1, 0.15) is 11.6 Å². The fourth-order valence-corrected chi connectivity index (χ4v) is 3.27. The van der Waals surface area contributed by atoms with Gasteiger partial charge in [-0.3, -0.25) is 0 Å². The highest BCUT2D eigenvalue weighted by molar-refractivity contribution is 9.10. The molecule has 21 heavy (non-hydrogen) atoms. The van der Waals surface area contributed by atoms with Crippen LogP contribution in [0.3, 0.4) is 0 Å². The Hall–Kier alpha value is -1.42. The van der Waals surface area contributed by atoms with E-state index in [0.29, 0.717) is 12.5 Å². The van der Waals surface area contributed by atoms with Crippen molar-refractivity contribution >= 4 is 21.6 Å². The zero-order valence-electron chi connectivity index (χ0n) is 11.5. The van der Waals surface area contributed by atoms with Crippen LogP contribution < -0.4 is 5.32 Å². The van der Waals surface area contributed by atoms with E-state index in [1.165, 1.54) is 17.2 Å². The third kappa shape index (κ3) is 3.10. The van der Waals surface area contributed by atoms with E-state index < -0.39 is 11.6 Å². The lowest BCUT2D eigenvalue weighted by Gasteiger charge is -2.26. The Morgan fingerprint density at radius 1 is 1.14 bits per heavy atom. The summed E-state index contributed by atoms with van der Waals surface area (Å²) in [5.41, 5.74) is 2.92. The first-order chi connectivity index (χ1) is 10.1. The molecule has 2 aromatic rings. The van der Waals surface area contributed by atoms with Crippen molar-refractivity contribution in [3.63, 3.8) is 0 Å². The molecule has 0 fully saturated rings. The van der Waals surface area contributed by atoms with Gasteiger partial charge in [-0.05, 0) is 52.4 Å². The number of aryl methyl sites for hydroxylation is 1. The molecule has 1 aliphatic carbocycles. The molecule has 0 amide bonds. The SMILES string of the molecule is Fc1cc(NCC2CCCc3ccccc32)c(F)cc1Br. The summed E-state index contributed by atoms with van der Waals surface area (Å²) >= 11 is 2.99. The highest BCUT2D eigenvalue weighted by atomic mass is 79.9. The monoisotopic (exact) mass is 351 g/mol. The lowest BCUT2D eigenvalue weighted by molar-refractivity contribution is 0.565. The quantitative estimate of drug-likeness (QED) is 0.743. The first-order valence-corrected chi connectivity index (χ1v) is 7.90. The lowest BCUT2D eigenvalue weighted by atomic mass is 9.83. The van der Waals surface area contributed by atoms with Crippen LogP contribution in [0.25, 0.3) is 0 Å². The standard InChI is InChI=1S/C17H16BrF2N/c18-14-8-16(20)17(9-15(14)19)21-10-12-6-3-5-11-4-1-2-7-13(11)12/h1-2,4,7-9,12,21H,3,5-6,10H2. The average Bonchev–Trinajstić information content (AvgIpc) is 2.49. The summed E-state index contributed by atoms with van der Waals surface area (Å²) in [6.07, 6.45) is 3.32. The van der Waals surface area contributed by atoms with Gasteiger partial charge >= 0.3 is 0 Å². The highest BCUT2D eigenvalue weighted by Gasteiger charge is 2.20. The van der Waals surface area contributed by atoms with Gasteiger partial charge in [-0.15, -0.1) is 0 Å². The molecule has 1 N–H and O–H groups in total. The van der Waals surface area contributed by atoms with Crippen LogP contribution in [0.1, 0.15) is 29.9 Å². The molecule has 0 saturated carbocycles. The normalized spacial score (nSPS) is 17.4. The number of halogens is 3. The minimum absolute atomic E-state index is 0.147. The molecule has 0 spiro atoms. The van der Waals surface area contributed by atoms with E-state index in [4.69, 9.17) is 0 Å². The molecular formula is C17H16BrF2N. The van der Waals surface area contributed by atoms with E-state index in [-0.39, 0.29) is 10.2 Å². The van der Waals surface area contributed by atoms with Crippen LogP contribution in [0.2, 0.25) is 0 Å². The Bertz CT molecular complexity index is 657. The second kappa shape index (κ2) is 6.14. The summed E-state index contributed by atoms with van der Waals surface area (Å²) in [6.45, 7) is 0.620. The molecule has 1 nitrogen and oxygen atoms in total. The second-order valence-electron chi connectivity index (χ2n) is 5.42. The summed E-state index contributed by atoms with van der Waals surface area (Å²) in [6, 6.07) is 10.7. The second-order valence-corrected chi connectivity index (χ2v) is 6.27. The first-order valence-electron chi connectivity index (χ1n) is 7.11. The zero-order valence-corrected chi connectivity index (χ0v) is 13.1. The number of nitrogens with one attached hydrogen (secondary N) is 1. The fraction of sp³-hybridized carbons (Fsp3) is 0.294. The van der Waals surface area contributed by atoms with Crippen LogP contribution >= 0.6 is 15.9 Å². The van der Waals surface area contributed by atoms with E-state index in [1.54, 1.807) is 0 Å². The Morgan fingerprint density at radius 2 is 1.95 bits per heavy atom. The molecule has 3 rings (SSSR count). The molecule has 0 heterocycles. The van der Waals surface area contributed by atoms with Crippen molar-refractivity contribution in [3.05, 3.63) is 63.6 Å². The molecule has 0 saturated heterocycles. The summed E-state index contributed by atoms with van der Waals surface area (Å²) in [5.74, 6) is -0.545. The lowest BCUT2D eigenvalue weighted by Crippen LogP contribution is -2.18. The van der Waals surface area contributed by atoms with Gasteiger partial charge in [0.2, 0.25) is 0 Å². The van der Waals surface area contributed by atoms with Gasteiger partial charge in [0.05, 0.1) is 10.2 Å². The smallest absolute Gasteiger partial charge is 0.147 e. The summed E-state index contributed by atoms with van der Waals surface area (Å²) in [5, 5.41) is 3.06. The van der Waals surface area contributed by atoms with Gasteiger partial charge < -0.3 is 5.32 Å². The van der Waals surface area contributed by atoms with Gasteiger partial charge in [-0.25, -0.2) is 8.78 Å². The number of anilines is 1. The van der Waals surface area contributed by atoms with Gasteiger partial charge in [0, 0.05) is 18.5 Å². The van der Waals surface area contributed by atoms with E-state index in [2.05, 4.69) is 39.4 Å². The Morgan fingerprint density at radius 3 is 2.81 bits per heavy atom. The van der Waals surface area contributed by atoms with Gasteiger partial charge in [-0.1, -0.05) is 24.3 Å². The van der Waals surface area contributed by atoms with E-state index in [9.17, 15) is 8.78 Å². The van der Waals surface area contributed by atoms with Crippen LogP contribution in [-0.4, -0.2) is 6.54 Å². The Labute approximate surface area is 131 Å². The number of hydrogen-bond donors (Lipinski definition) is 1. The van der Waals surface area contributed by atoms with Crippen molar-refractivity contribution in [2.24, 2.45) is 0 Å². The summed E-state index contributed by atoms with van der Waals surface area (Å²) in [4.78, 5) is 0. The number of rotatable bonds is 3. The van der Waals surface area contributed by atoms with E-state index in [0.717, 1.165) is 25.3 Å². The number of hydrogen-bond acceptors (Lipinski definition) is 1. The predicted octanol–water partition coefficient (Wildman–Crippen LogP) is 5.26. The molecule has 110 valence electrons. The maximum absolute atomic E-state index is 13.8. The molecule has 1 unspecified atom stereocenters. The molecule has 0 aliphatic heterocycles. The first kappa shape index (κ1) is 14.5. The maximum Gasteiger partial charge on any atom is 0.147 e. The average molecular weight is 352 g/mol. The zero-order chi connectivity index (χ0) is 14.8. The topological polar surface area (TPSA) is 12.0 Å². The van der Waals surface area contributed by atoms with Crippen LogP contribution in [0.4, 0.5) is 14.5 Å². The van der Waals surface area contributed by atoms with Crippen molar-refractivity contribution in [1.82, 2.24) is 0 Å². The van der Waals surface area contributed by atoms with Crippen molar-refractivity contribution in [2.75, 3.05) is 11.9 Å². The molecule has 1 aliphatic rings. The molecule has 0 bridgehead atoms. The summed E-state index contributed by atoms with van der Waals surface area (Å²) < 4.78 is 27.5. The molecule has 1 atom stereocenters. The van der Waals surface area contributed by atoms with Crippen LogP contribution in [0.15, 0.2) is 40.9 Å². The minimum Gasteiger partial charge on any atom is -0.382 e. The Balaban J connectivity index is 1.76. The molecule has 0 aromatic heterocycles. The Kier molecular flexibility index (Phi) is 4.24. The number of benzene rings is 2. The van der Waals surface area contributed by atoms with Crippen molar-refractivity contribution < 1.29 is 8.78 Å². The molecule has 4 heteroatoms. The van der Waals surface area contributed by atoms with E-state index in [1.807, 2.05) is 6.07 Å². The summed E-state index contributed by atoms with van der Waals surface area (Å²) in [7, 11) is 0. The predicted molar refractivity (Wildman–Crippen MR) is 84.7 cm³/mol. The van der Waals surface area contributed by atoms with Gasteiger partial charge in [0.15, 0.2) is 0 Å². The largest absolute Gasteiger partial charge is 0.382 e. The van der Waals surface area contributed by atoms with Crippen LogP contribution in [0.5, 0.6) is 0 Å². The maximum atomic E-state index is 13.8. The minimum atomic E-state index is -0.456. The van der Waals surface area contributed by atoms with Gasteiger partial charge in [-0.2, -0.15) is 0 Å². The van der Waals surface area contributed by atoms with E-state index >= 15 is 0 Å². The molecule has 0 radical (unpaired) electrons. The molecular weight excluding hydrogens is 336 g/mol. The fourth-order valence-electron chi connectivity index (χ4n) is 2.96. The van der Waals surface area contributed by atoms with Crippen molar-refractivity contribution in [3.8, 4) is 0 Å². The highest BCUT2D eigenvalue weighted by Crippen LogP contribution is 2.32. The third-order valence-corrected chi connectivity index (χ3v) is 4.65. The third-order valence-electron chi connectivity index (χ3n) is 4.04. The van der Waals surface area contributed by atoms with Gasteiger partial charge in [0.25, 0.3) is 0 Å². The number of fused-ring (bicyclic) bond motifs is 1. The van der Waals surface area contributed by atoms with Crippen molar-refractivity contribution in [2.45, 2.75) is 25.2 Å². The molecule has 2 aromatic carbocycles. The van der Waals surface area contributed by atoms with Crippen molar-refractivity contribution in [1.29, 1.82) is 0 Å². The van der Waals surface area contributed by atoms with Crippen LogP contribution in [-0.2, 0) is 6.42 Å². The van der Waals surface area contributed by atoms with Crippen LogP contribution in [0, 0.1) is 11.6 Å².